The van der Waals surface area contributed by atoms with E-state index in [-0.39, 0.29) is 11.6 Å². The smallest absolute Gasteiger partial charge is 0.312 e. The molecule has 1 aliphatic rings. The van der Waals surface area contributed by atoms with Crippen molar-refractivity contribution in [1.82, 2.24) is 0 Å². The Morgan fingerprint density at radius 2 is 2.17 bits per heavy atom. The van der Waals surface area contributed by atoms with Crippen LogP contribution < -0.4 is 15.2 Å². The third kappa shape index (κ3) is 2.37. The zero-order chi connectivity index (χ0) is 13.1. The fraction of sp³-hybridized carbons (Fsp3) is 0.417. The van der Waals surface area contributed by atoms with Crippen LogP contribution in [0.25, 0.3) is 0 Å². The summed E-state index contributed by atoms with van der Waals surface area (Å²) in [6.07, 6.45) is 0.763. The van der Waals surface area contributed by atoms with E-state index in [4.69, 9.17) is 31.9 Å². The maximum atomic E-state index is 11.1. The van der Waals surface area contributed by atoms with Gasteiger partial charge in [0.15, 0.2) is 11.5 Å². The van der Waals surface area contributed by atoms with Crippen molar-refractivity contribution < 1.29 is 19.4 Å². The molecule has 1 aromatic rings. The highest BCUT2D eigenvalue weighted by atomic mass is 35.5. The van der Waals surface area contributed by atoms with Gasteiger partial charge in [-0.2, -0.15) is 0 Å². The van der Waals surface area contributed by atoms with E-state index >= 15 is 0 Å². The van der Waals surface area contributed by atoms with Crippen molar-refractivity contribution in [2.45, 2.75) is 12.3 Å². The first kappa shape index (κ1) is 13.0. The number of carbonyl (C=O) groups is 1. The molecule has 2 rings (SSSR count). The molecule has 1 aliphatic heterocycles. The van der Waals surface area contributed by atoms with Crippen molar-refractivity contribution in [3.63, 3.8) is 0 Å². The van der Waals surface area contributed by atoms with E-state index in [0.717, 1.165) is 6.42 Å². The number of rotatable bonds is 3. The molecule has 18 heavy (non-hydrogen) atoms. The van der Waals surface area contributed by atoms with Crippen LogP contribution >= 0.6 is 11.6 Å². The molecule has 0 radical (unpaired) electrons. The van der Waals surface area contributed by atoms with E-state index < -0.39 is 11.9 Å². The quantitative estimate of drug-likeness (QED) is 0.873. The molecule has 1 unspecified atom stereocenters. The maximum absolute atomic E-state index is 11.1. The molecule has 0 aromatic heterocycles. The molecule has 1 aromatic carbocycles. The lowest BCUT2D eigenvalue weighted by atomic mass is 9.99. The minimum atomic E-state index is -1.01. The van der Waals surface area contributed by atoms with Gasteiger partial charge in [0.05, 0.1) is 24.2 Å². The Balaban J connectivity index is 2.45. The molecule has 0 saturated carbocycles. The summed E-state index contributed by atoms with van der Waals surface area (Å²) < 4.78 is 11.0. The summed E-state index contributed by atoms with van der Waals surface area (Å²) in [6, 6.07) is 3.30. The monoisotopic (exact) mass is 271 g/mol. The third-order valence-electron chi connectivity index (χ3n) is 2.79. The number of fused-ring (bicyclic) bond motifs is 1. The summed E-state index contributed by atoms with van der Waals surface area (Å²) in [5, 5.41) is 9.37. The first-order valence-electron chi connectivity index (χ1n) is 5.66. The predicted octanol–water partition coefficient (Wildman–Crippen LogP) is 1.63. The second kappa shape index (κ2) is 5.46. The molecule has 5 nitrogen and oxygen atoms in total. The van der Waals surface area contributed by atoms with Crippen LogP contribution in [0, 0.1) is 0 Å². The van der Waals surface area contributed by atoms with E-state index in [9.17, 15) is 4.79 Å². The summed E-state index contributed by atoms with van der Waals surface area (Å²) in [6.45, 7) is 1.03. The van der Waals surface area contributed by atoms with Gasteiger partial charge in [0.1, 0.15) is 0 Å². The number of aliphatic carboxylic acids is 1. The van der Waals surface area contributed by atoms with Crippen LogP contribution in [-0.2, 0) is 4.79 Å². The number of carboxylic acid groups (broad SMARTS) is 1. The average Bonchev–Trinajstić information content (AvgIpc) is 2.58. The molecule has 0 spiro atoms. The number of hydrogen-bond donors (Lipinski definition) is 2. The Bertz CT molecular complexity index is 464. The van der Waals surface area contributed by atoms with Crippen molar-refractivity contribution in [2.75, 3.05) is 19.8 Å². The fourth-order valence-electron chi connectivity index (χ4n) is 1.85. The van der Waals surface area contributed by atoms with Gasteiger partial charge in [0, 0.05) is 13.0 Å². The Morgan fingerprint density at radius 1 is 1.44 bits per heavy atom. The third-order valence-corrected chi connectivity index (χ3v) is 3.18. The molecule has 0 fully saturated rings. The topological polar surface area (TPSA) is 81.8 Å². The van der Waals surface area contributed by atoms with Gasteiger partial charge in [-0.25, -0.2) is 0 Å². The second-order valence-corrected chi connectivity index (χ2v) is 4.35. The number of carboxylic acids is 1. The lowest BCUT2D eigenvalue weighted by Crippen LogP contribution is -2.21. The highest BCUT2D eigenvalue weighted by Gasteiger charge is 2.25. The van der Waals surface area contributed by atoms with Gasteiger partial charge in [-0.3, -0.25) is 4.79 Å². The Hall–Kier alpha value is -1.46. The average molecular weight is 272 g/mol. The SMILES string of the molecule is NCC(C(=O)O)c1ccc2c(c1Cl)OCCCO2. The lowest BCUT2D eigenvalue weighted by molar-refractivity contribution is -0.138. The summed E-state index contributed by atoms with van der Waals surface area (Å²) in [4.78, 5) is 11.1. The zero-order valence-electron chi connectivity index (χ0n) is 9.69. The number of halogens is 1. The molecule has 98 valence electrons. The summed E-state index contributed by atoms with van der Waals surface area (Å²) >= 11 is 6.19. The number of benzene rings is 1. The van der Waals surface area contributed by atoms with E-state index in [0.29, 0.717) is 30.3 Å². The Labute approximate surface area is 109 Å². The van der Waals surface area contributed by atoms with E-state index in [1.807, 2.05) is 0 Å². The molecule has 0 amide bonds. The Kier molecular flexibility index (Phi) is 3.93. The summed E-state index contributed by atoms with van der Waals surface area (Å²) in [5.41, 5.74) is 5.92. The van der Waals surface area contributed by atoms with Gasteiger partial charge in [-0.05, 0) is 11.6 Å². The van der Waals surface area contributed by atoms with Gasteiger partial charge >= 0.3 is 5.97 Å². The molecule has 6 heteroatoms. The number of ether oxygens (including phenoxy) is 2. The lowest BCUT2D eigenvalue weighted by Gasteiger charge is -2.16. The first-order chi connectivity index (χ1) is 8.65. The van der Waals surface area contributed by atoms with Crippen LogP contribution in [-0.4, -0.2) is 30.8 Å². The molecular weight excluding hydrogens is 258 g/mol. The van der Waals surface area contributed by atoms with Crippen LogP contribution in [0.5, 0.6) is 11.5 Å². The van der Waals surface area contributed by atoms with Crippen LogP contribution in [0.3, 0.4) is 0 Å². The van der Waals surface area contributed by atoms with Crippen molar-refractivity contribution in [2.24, 2.45) is 5.73 Å². The molecule has 0 saturated heterocycles. The van der Waals surface area contributed by atoms with E-state index in [2.05, 4.69) is 0 Å². The van der Waals surface area contributed by atoms with Crippen LogP contribution in [0.2, 0.25) is 5.02 Å². The van der Waals surface area contributed by atoms with Gasteiger partial charge in [-0.1, -0.05) is 17.7 Å². The van der Waals surface area contributed by atoms with Crippen LogP contribution in [0.4, 0.5) is 0 Å². The predicted molar refractivity (Wildman–Crippen MR) is 66.5 cm³/mol. The fourth-order valence-corrected chi connectivity index (χ4v) is 2.19. The van der Waals surface area contributed by atoms with Crippen molar-refractivity contribution in [3.05, 3.63) is 22.7 Å². The van der Waals surface area contributed by atoms with Gasteiger partial charge in [0.25, 0.3) is 0 Å². The normalized spacial score (nSPS) is 15.9. The van der Waals surface area contributed by atoms with Gasteiger partial charge in [0.2, 0.25) is 0 Å². The Morgan fingerprint density at radius 3 is 2.83 bits per heavy atom. The van der Waals surface area contributed by atoms with Crippen molar-refractivity contribution >= 4 is 17.6 Å². The number of hydrogen-bond acceptors (Lipinski definition) is 4. The highest BCUT2D eigenvalue weighted by Crippen LogP contribution is 2.41. The minimum Gasteiger partial charge on any atom is -0.490 e. The molecule has 0 aliphatic carbocycles. The molecule has 1 heterocycles. The van der Waals surface area contributed by atoms with Crippen LogP contribution in [0.1, 0.15) is 17.9 Å². The summed E-state index contributed by atoms with van der Waals surface area (Å²) in [5.74, 6) is -0.891. The zero-order valence-corrected chi connectivity index (χ0v) is 10.4. The van der Waals surface area contributed by atoms with E-state index in [1.54, 1.807) is 12.1 Å². The summed E-state index contributed by atoms with van der Waals surface area (Å²) in [7, 11) is 0. The minimum absolute atomic E-state index is 0.0191. The largest absolute Gasteiger partial charge is 0.490 e. The highest BCUT2D eigenvalue weighted by molar-refractivity contribution is 6.33. The van der Waals surface area contributed by atoms with Crippen LogP contribution in [0.15, 0.2) is 12.1 Å². The maximum Gasteiger partial charge on any atom is 0.312 e. The first-order valence-corrected chi connectivity index (χ1v) is 6.03. The molecular formula is C12H14ClNO4. The molecule has 0 bridgehead atoms. The molecule has 3 N–H and O–H groups in total. The number of nitrogens with two attached hydrogens (primary N) is 1. The van der Waals surface area contributed by atoms with Gasteiger partial charge in [-0.15, -0.1) is 0 Å². The van der Waals surface area contributed by atoms with Crippen molar-refractivity contribution in [1.29, 1.82) is 0 Å². The second-order valence-electron chi connectivity index (χ2n) is 3.97. The molecule has 1 atom stereocenters. The van der Waals surface area contributed by atoms with Gasteiger partial charge < -0.3 is 20.3 Å². The standard InChI is InChI=1S/C12H14ClNO4/c13-10-7(8(6-14)12(15)16)2-3-9-11(10)18-5-1-4-17-9/h2-3,8H,1,4-6,14H2,(H,15,16). The van der Waals surface area contributed by atoms with Crippen molar-refractivity contribution in [3.8, 4) is 11.5 Å². The van der Waals surface area contributed by atoms with E-state index in [1.165, 1.54) is 0 Å².